The van der Waals surface area contributed by atoms with Crippen LogP contribution in [0.15, 0.2) is 59.8 Å². The van der Waals surface area contributed by atoms with E-state index in [1.165, 1.54) is 4.90 Å². The molecular formula is C27H27Cl3N2O4. The second kappa shape index (κ2) is 12.0. The Hall–Kier alpha value is -2.80. The van der Waals surface area contributed by atoms with Crippen molar-refractivity contribution in [3.8, 4) is 0 Å². The standard InChI is InChI=1S/C27H27Cl3N2O4/c1-4-32(26(34)23-15(2)7-5-8-19(23)28)22(27(35)36)14-17-11-12-18(13-16(17)3)31-25(33)24-20(29)9-6-10-21(24)30/h5-12,16,22H,4,13-14H2,1-3H3,(H,31,33)(H,35,36). The molecule has 9 heteroatoms. The lowest BCUT2D eigenvalue weighted by Gasteiger charge is -2.31. The van der Waals surface area contributed by atoms with Crippen molar-refractivity contribution in [2.45, 2.75) is 39.7 Å². The first-order chi connectivity index (χ1) is 17.0. The number of halogens is 3. The Morgan fingerprint density at radius 1 is 1.03 bits per heavy atom. The van der Waals surface area contributed by atoms with E-state index in [0.29, 0.717) is 23.2 Å². The SMILES string of the molecule is CCN(C(=O)c1c(C)cccc1Cl)C(CC1=CC=C(NC(=O)c2c(Cl)cccc2Cl)CC1C)C(=O)O. The monoisotopic (exact) mass is 548 g/mol. The Balaban J connectivity index is 1.82. The molecule has 2 aromatic rings. The molecule has 0 saturated heterocycles. The van der Waals surface area contributed by atoms with Crippen LogP contribution in [0.1, 0.15) is 53.0 Å². The summed E-state index contributed by atoms with van der Waals surface area (Å²) < 4.78 is 0. The van der Waals surface area contributed by atoms with Crippen molar-refractivity contribution in [2.24, 2.45) is 5.92 Å². The third-order valence-electron chi connectivity index (χ3n) is 6.25. The molecule has 0 fully saturated rings. The van der Waals surface area contributed by atoms with E-state index < -0.39 is 23.8 Å². The van der Waals surface area contributed by atoms with E-state index in [4.69, 9.17) is 34.8 Å². The Bertz CT molecular complexity index is 1220. The molecule has 0 spiro atoms. The fourth-order valence-electron chi connectivity index (χ4n) is 4.29. The molecule has 36 heavy (non-hydrogen) atoms. The molecule has 1 aliphatic rings. The van der Waals surface area contributed by atoms with E-state index in [-0.39, 0.29) is 39.5 Å². The summed E-state index contributed by atoms with van der Waals surface area (Å²) in [4.78, 5) is 39.7. The summed E-state index contributed by atoms with van der Waals surface area (Å²) in [7, 11) is 0. The largest absolute Gasteiger partial charge is 0.480 e. The van der Waals surface area contributed by atoms with Gasteiger partial charge in [-0.05, 0) is 56.0 Å². The summed E-state index contributed by atoms with van der Waals surface area (Å²) in [5, 5.41) is 13.7. The predicted octanol–water partition coefficient (Wildman–Crippen LogP) is 6.54. The van der Waals surface area contributed by atoms with Crippen molar-refractivity contribution in [1.82, 2.24) is 10.2 Å². The molecule has 2 amide bonds. The lowest BCUT2D eigenvalue weighted by molar-refractivity contribution is -0.142. The number of carboxylic acid groups (broad SMARTS) is 1. The lowest BCUT2D eigenvalue weighted by atomic mass is 9.86. The van der Waals surface area contributed by atoms with Gasteiger partial charge in [0.1, 0.15) is 6.04 Å². The van der Waals surface area contributed by atoms with Gasteiger partial charge in [-0.25, -0.2) is 4.79 Å². The molecule has 2 aromatic carbocycles. The number of aliphatic carboxylic acids is 1. The van der Waals surface area contributed by atoms with Gasteiger partial charge in [0.05, 0.1) is 26.2 Å². The van der Waals surface area contributed by atoms with Crippen molar-refractivity contribution in [1.29, 1.82) is 0 Å². The van der Waals surface area contributed by atoms with Gasteiger partial charge in [-0.1, -0.05) is 71.6 Å². The Kier molecular flexibility index (Phi) is 9.23. The zero-order chi connectivity index (χ0) is 26.6. The third kappa shape index (κ3) is 6.12. The highest BCUT2D eigenvalue weighted by atomic mass is 35.5. The van der Waals surface area contributed by atoms with Crippen molar-refractivity contribution in [2.75, 3.05) is 6.54 Å². The minimum Gasteiger partial charge on any atom is -0.480 e. The molecule has 190 valence electrons. The number of hydrogen-bond donors (Lipinski definition) is 2. The van der Waals surface area contributed by atoms with E-state index in [1.807, 2.05) is 6.92 Å². The number of nitrogens with zero attached hydrogens (tertiary/aromatic N) is 1. The van der Waals surface area contributed by atoms with Gasteiger partial charge >= 0.3 is 5.97 Å². The van der Waals surface area contributed by atoms with Crippen molar-refractivity contribution < 1.29 is 19.5 Å². The molecule has 0 radical (unpaired) electrons. The highest BCUT2D eigenvalue weighted by Crippen LogP contribution is 2.31. The number of carbonyl (C=O) groups is 3. The van der Waals surface area contributed by atoms with Crippen LogP contribution >= 0.6 is 34.8 Å². The summed E-state index contributed by atoms with van der Waals surface area (Å²) in [6.45, 7) is 5.66. The summed E-state index contributed by atoms with van der Waals surface area (Å²) in [6, 6.07) is 8.91. The maximum Gasteiger partial charge on any atom is 0.326 e. The van der Waals surface area contributed by atoms with Crippen LogP contribution in [0.5, 0.6) is 0 Å². The zero-order valence-corrected chi connectivity index (χ0v) is 22.4. The molecule has 1 aliphatic carbocycles. The van der Waals surface area contributed by atoms with Gasteiger partial charge < -0.3 is 15.3 Å². The van der Waals surface area contributed by atoms with Gasteiger partial charge in [-0.3, -0.25) is 9.59 Å². The van der Waals surface area contributed by atoms with E-state index in [2.05, 4.69) is 5.32 Å². The van der Waals surface area contributed by atoms with Gasteiger partial charge in [0.2, 0.25) is 0 Å². The number of benzene rings is 2. The average molecular weight is 550 g/mol. The quantitative estimate of drug-likeness (QED) is 0.391. The smallest absolute Gasteiger partial charge is 0.326 e. The lowest BCUT2D eigenvalue weighted by Crippen LogP contribution is -2.46. The van der Waals surface area contributed by atoms with Crippen molar-refractivity contribution >= 4 is 52.6 Å². The number of allylic oxidation sites excluding steroid dienone is 3. The van der Waals surface area contributed by atoms with E-state index in [0.717, 1.165) is 5.57 Å². The molecule has 0 bridgehead atoms. The van der Waals surface area contributed by atoms with Crippen LogP contribution in [0.3, 0.4) is 0 Å². The molecule has 2 N–H and O–H groups in total. The normalized spacial score (nSPS) is 16.0. The predicted molar refractivity (Wildman–Crippen MR) is 143 cm³/mol. The van der Waals surface area contributed by atoms with Gasteiger partial charge in [0.25, 0.3) is 11.8 Å². The van der Waals surface area contributed by atoms with Crippen LogP contribution in [0.25, 0.3) is 0 Å². The topological polar surface area (TPSA) is 86.7 Å². The Morgan fingerprint density at radius 3 is 2.14 bits per heavy atom. The zero-order valence-electron chi connectivity index (χ0n) is 20.1. The minimum absolute atomic E-state index is 0.0651. The van der Waals surface area contributed by atoms with Crippen LogP contribution in [-0.2, 0) is 4.79 Å². The molecule has 6 nitrogen and oxygen atoms in total. The van der Waals surface area contributed by atoms with E-state index in [9.17, 15) is 19.5 Å². The third-order valence-corrected chi connectivity index (χ3v) is 7.19. The molecule has 0 heterocycles. The highest BCUT2D eigenvalue weighted by Gasteiger charge is 2.33. The summed E-state index contributed by atoms with van der Waals surface area (Å²) >= 11 is 18.6. The van der Waals surface area contributed by atoms with Crippen LogP contribution in [0.2, 0.25) is 15.1 Å². The number of hydrogen-bond acceptors (Lipinski definition) is 3. The van der Waals surface area contributed by atoms with Gasteiger partial charge in [0, 0.05) is 18.7 Å². The first-order valence-corrected chi connectivity index (χ1v) is 12.6. The maximum absolute atomic E-state index is 13.3. The summed E-state index contributed by atoms with van der Waals surface area (Å²) in [6.07, 6.45) is 4.17. The average Bonchev–Trinajstić information content (AvgIpc) is 2.80. The van der Waals surface area contributed by atoms with E-state index >= 15 is 0 Å². The van der Waals surface area contributed by atoms with Crippen molar-refractivity contribution in [3.05, 3.63) is 91.6 Å². The molecular weight excluding hydrogens is 523 g/mol. The number of rotatable bonds is 8. The Morgan fingerprint density at radius 2 is 1.61 bits per heavy atom. The van der Waals surface area contributed by atoms with Gasteiger partial charge in [-0.2, -0.15) is 0 Å². The fraction of sp³-hybridized carbons (Fsp3) is 0.296. The molecule has 0 aromatic heterocycles. The van der Waals surface area contributed by atoms with Crippen LogP contribution in [0.4, 0.5) is 0 Å². The number of carboxylic acids is 1. The second-order valence-corrected chi connectivity index (χ2v) is 9.89. The first-order valence-electron chi connectivity index (χ1n) is 11.5. The molecule has 2 unspecified atom stereocenters. The fourth-order valence-corrected chi connectivity index (χ4v) is 5.16. The molecule has 0 saturated carbocycles. The number of carbonyl (C=O) groups excluding carboxylic acids is 2. The number of nitrogens with one attached hydrogen (secondary N) is 1. The highest BCUT2D eigenvalue weighted by molar-refractivity contribution is 6.39. The van der Waals surface area contributed by atoms with Gasteiger partial charge in [0.15, 0.2) is 0 Å². The van der Waals surface area contributed by atoms with Crippen LogP contribution < -0.4 is 5.32 Å². The van der Waals surface area contributed by atoms with Crippen LogP contribution in [-0.4, -0.2) is 40.4 Å². The van der Waals surface area contributed by atoms with Gasteiger partial charge in [-0.15, -0.1) is 0 Å². The molecule has 0 aliphatic heterocycles. The second-order valence-electron chi connectivity index (χ2n) is 8.67. The molecule has 2 atom stereocenters. The minimum atomic E-state index is -1.10. The number of amides is 2. The summed E-state index contributed by atoms with van der Waals surface area (Å²) in [5.41, 5.74) is 2.71. The van der Waals surface area contributed by atoms with E-state index in [1.54, 1.807) is 62.4 Å². The number of aryl methyl sites for hydroxylation is 1. The first kappa shape index (κ1) is 27.8. The van der Waals surface area contributed by atoms with Crippen LogP contribution in [0, 0.1) is 12.8 Å². The summed E-state index contributed by atoms with van der Waals surface area (Å²) in [5.74, 6) is -2.00. The maximum atomic E-state index is 13.3. The number of likely N-dealkylation sites (N-methyl/N-ethyl adjacent to an activating group) is 1. The molecule has 3 rings (SSSR count). The Labute approximate surface area is 225 Å². The van der Waals surface area contributed by atoms with Crippen molar-refractivity contribution in [3.63, 3.8) is 0 Å².